The number of carbonyl (C=O) groups is 1. The van der Waals surface area contributed by atoms with Crippen molar-refractivity contribution in [2.24, 2.45) is 5.73 Å². The fourth-order valence-corrected chi connectivity index (χ4v) is 2.90. The lowest BCUT2D eigenvalue weighted by atomic mass is 10.1. The summed E-state index contributed by atoms with van der Waals surface area (Å²) in [5.41, 5.74) is 6.98. The van der Waals surface area contributed by atoms with E-state index in [4.69, 9.17) is 5.73 Å². The second-order valence-electron chi connectivity index (χ2n) is 6.53. The first-order valence-corrected chi connectivity index (χ1v) is 8.62. The van der Waals surface area contributed by atoms with E-state index in [9.17, 15) is 4.79 Å². The fraction of sp³-hybridized carbons (Fsp3) is 0.611. The van der Waals surface area contributed by atoms with Crippen LogP contribution in [0.25, 0.3) is 0 Å². The number of nitrogens with one attached hydrogen (secondary N) is 1. The van der Waals surface area contributed by atoms with Crippen LogP contribution >= 0.6 is 0 Å². The number of rotatable bonds is 7. The third-order valence-corrected chi connectivity index (χ3v) is 4.48. The molecule has 5 heteroatoms. The van der Waals surface area contributed by atoms with Crippen LogP contribution < -0.4 is 16.0 Å². The van der Waals surface area contributed by atoms with E-state index in [2.05, 4.69) is 52.4 Å². The van der Waals surface area contributed by atoms with Gasteiger partial charge in [0.25, 0.3) is 0 Å². The predicted octanol–water partition coefficient (Wildman–Crippen LogP) is 1.44. The molecule has 1 fully saturated rings. The molecule has 1 aromatic carbocycles. The molecule has 1 aromatic rings. The van der Waals surface area contributed by atoms with Crippen molar-refractivity contribution < 1.29 is 4.79 Å². The van der Waals surface area contributed by atoms with Crippen LogP contribution in [0.5, 0.6) is 0 Å². The van der Waals surface area contributed by atoms with Crippen molar-refractivity contribution >= 4 is 11.6 Å². The van der Waals surface area contributed by atoms with E-state index in [0.717, 1.165) is 32.6 Å². The molecule has 0 radical (unpaired) electrons. The first kappa shape index (κ1) is 17.8. The average molecular weight is 318 g/mol. The molecule has 1 heterocycles. The van der Waals surface area contributed by atoms with Crippen molar-refractivity contribution in [2.45, 2.75) is 38.8 Å². The molecule has 1 amide bonds. The number of nitrogens with two attached hydrogens (primary N) is 1. The van der Waals surface area contributed by atoms with Gasteiger partial charge in [-0.25, -0.2) is 0 Å². The first-order chi connectivity index (χ1) is 11.1. The van der Waals surface area contributed by atoms with Gasteiger partial charge in [-0.2, -0.15) is 0 Å². The molecule has 1 saturated heterocycles. The molecule has 0 saturated carbocycles. The summed E-state index contributed by atoms with van der Waals surface area (Å²) >= 11 is 0. The summed E-state index contributed by atoms with van der Waals surface area (Å²) in [5, 5.41) is 3.03. The molecule has 1 aliphatic heterocycles. The minimum Gasteiger partial charge on any atom is -0.369 e. The Labute approximate surface area is 139 Å². The SMILES string of the molecule is CC(N)CCC(=O)NCC(C)N1CCN(c2ccccc2)CC1. The van der Waals surface area contributed by atoms with Crippen molar-refractivity contribution in [1.29, 1.82) is 0 Å². The second-order valence-corrected chi connectivity index (χ2v) is 6.53. The van der Waals surface area contributed by atoms with Crippen molar-refractivity contribution in [2.75, 3.05) is 37.6 Å². The van der Waals surface area contributed by atoms with E-state index < -0.39 is 0 Å². The lowest BCUT2D eigenvalue weighted by molar-refractivity contribution is -0.121. The van der Waals surface area contributed by atoms with E-state index in [1.54, 1.807) is 0 Å². The van der Waals surface area contributed by atoms with Crippen LogP contribution in [0.15, 0.2) is 30.3 Å². The molecule has 2 atom stereocenters. The van der Waals surface area contributed by atoms with Crippen LogP contribution in [0.4, 0.5) is 5.69 Å². The Hall–Kier alpha value is -1.59. The molecule has 0 bridgehead atoms. The summed E-state index contributed by atoms with van der Waals surface area (Å²) in [7, 11) is 0. The minimum absolute atomic E-state index is 0.0873. The van der Waals surface area contributed by atoms with E-state index in [0.29, 0.717) is 19.0 Å². The van der Waals surface area contributed by atoms with Crippen LogP contribution in [-0.4, -0.2) is 55.6 Å². The van der Waals surface area contributed by atoms with Crippen molar-refractivity contribution in [3.8, 4) is 0 Å². The van der Waals surface area contributed by atoms with Gasteiger partial charge in [0.05, 0.1) is 0 Å². The van der Waals surface area contributed by atoms with Crippen LogP contribution in [0.3, 0.4) is 0 Å². The Bertz CT molecular complexity index is 469. The highest BCUT2D eigenvalue weighted by Gasteiger charge is 2.21. The highest BCUT2D eigenvalue weighted by atomic mass is 16.1. The largest absolute Gasteiger partial charge is 0.369 e. The minimum atomic E-state index is 0.0873. The third-order valence-electron chi connectivity index (χ3n) is 4.48. The lowest BCUT2D eigenvalue weighted by Gasteiger charge is -2.39. The van der Waals surface area contributed by atoms with Gasteiger partial charge in [-0.3, -0.25) is 9.69 Å². The molecule has 0 spiro atoms. The standard InChI is InChI=1S/C18H30N4O/c1-15(19)8-9-18(23)20-14-16(2)21-10-12-22(13-11-21)17-6-4-3-5-7-17/h3-7,15-16H,8-14,19H2,1-2H3,(H,20,23). The number of amides is 1. The van der Waals surface area contributed by atoms with Crippen LogP contribution in [0.2, 0.25) is 0 Å². The number of hydrogen-bond acceptors (Lipinski definition) is 4. The first-order valence-electron chi connectivity index (χ1n) is 8.62. The molecule has 128 valence electrons. The van der Waals surface area contributed by atoms with E-state index in [1.165, 1.54) is 5.69 Å². The smallest absolute Gasteiger partial charge is 0.220 e. The zero-order valence-corrected chi connectivity index (χ0v) is 14.4. The van der Waals surface area contributed by atoms with Gasteiger partial charge in [-0.15, -0.1) is 0 Å². The maximum absolute atomic E-state index is 11.8. The topological polar surface area (TPSA) is 61.6 Å². The highest BCUT2D eigenvalue weighted by Crippen LogP contribution is 2.16. The molecular weight excluding hydrogens is 288 g/mol. The third kappa shape index (κ3) is 5.84. The van der Waals surface area contributed by atoms with Gasteiger partial charge in [0.15, 0.2) is 0 Å². The molecular formula is C18H30N4O. The van der Waals surface area contributed by atoms with Gasteiger partial charge in [0.1, 0.15) is 0 Å². The number of anilines is 1. The molecule has 0 aliphatic carbocycles. The summed E-state index contributed by atoms with van der Waals surface area (Å²) < 4.78 is 0. The fourth-order valence-electron chi connectivity index (χ4n) is 2.90. The molecule has 2 unspecified atom stereocenters. The van der Waals surface area contributed by atoms with Crippen molar-refractivity contribution in [1.82, 2.24) is 10.2 Å². The Balaban J connectivity index is 1.69. The Morgan fingerprint density at radius 1 is 1.17 bits per heavy atom. The molecule has 5 nitrogen and oxygen atoms in total. The van der Waals surface area contributed by atoms with Gasteiger partial charge >= 0.3 is 0 Å². The van der Waals surface area contributed by atoms with Gasteiger partial charge in [-0.1, -0.05) is 18.2 Å². The number of benzene rings is 1. The zero-order chi connectivity index (χ0) is 16.7. The summed E-state index contributed by atoms with van der Waals surface area (Å²) in [5.74, 6) is 0.108. The highest BCUT2D eigenvalue weighted by molar-refractivity contribution is 5.75. The molecule has 1 aliphatic rings. The summed E-state index contributed by atoms with van der Waals surface area (Å²) in [6.07, 6.45) is 1.27. The molecule has 2 rings (SSSR count). The normalized spacial score (nSPS) is 18.5. The zero-order valence-electron chi connectivity index (χ0n) is 14.4. The van der Waals surface area contributed by atoms with Gasteiger partial charge in [0, 0.05) is 56.9 Å². The van der Waals surface area contributed by atoms with Crippen molar-refractivity contribution in [3.05, 3.63) is 30.3 Å². The van der Waals surface area contributed by atoms with Crippen LogP contribution in [-0.2, 0) is 4.79 Å². The van der Waals surface area contributed by atoms with Crippen molar-refractivity contribution in [3.63, 3.8) is 0 Å². The Morgan fingerprint density at radius 2 is 1.83 bits per heavy atom. The Kier molecular flexibility index (Phi) is 6.86. The number of piperazine rings is 1. The quantitative estimate of drug-likeness (QED) is 0.799. The van der Waals surface area contributed by atoms with Crippen LogP contribution in [0, 0.1) is 0 Å². The van der Waals surface area contributed by atoms with E-state index >= 15 is 0 Å². The van der Waals surface area contributed by atoms with E-state index in [1.807, 2.05) is 6.92 Å². The maximum atomic E-state index is 11.8. The monoisotopic (exact) mass is 318 g/mol. The predicted molar refractivity (Wildman–Crippen MR) is 95.6 cm³/mol. The Morgan fingerprint density at radius 3 is 2.43 bits per heavy atom. The number of hydrogen-bond donors (Lipinski definition) is 2. The summed E-state index contributed by atoms with van der Waals surface area (Å²) in [6.45, 7) is 8.97. The molecule has 23 heavy (non-hydrogen) atoms. The molecule has 3 N–H and O–H groups in total. The van der Waals surface area contributed by atoms with Gasteiger partial charge in [0.2, 0.25) is 5.91 Å². The molecule has 0 aromatic heterocycles. The second kappa shape index (κ2) is 8.89. The average Bonchev–Trinajstić information content (AvgIpc) is 2.58. The van der Waals surface area contributed by atoms with Gasteiger partial charge < -0.3 is 16.0 Å². The number of carbonyl (C=O) groups excluding carboxylic acids is 1. The van der Waals surface area contributed by atoms with E-state index in [-0.39, 0.29) is 11.9 Å². The summed E-state index contributed by atoms with van der Waals surface area (Å²) in [6, 6.07) is 11.0. The lowest BCUT2D eigenvalue weighted by Crippen LogP contribution is -2.52. The van der Waals surface area contributed by atoms with Crippen LogP contribution in [0.1, 0.15) is 26.7 Å². The summed E-state index contributed by atoms with van der Waals surface area (Å²) in [4.78, 5) is 16.6. The van der Waals surface area contributed by atoms with Gasteiger partial charge in [-0.05, 0) is 32.4 Å². The maximum Gasteiger partial charge on any atom is 0.220 e. The number of nitrogens with zero attached hydrogens (tertiary/aromatic N) is 2. The number of para-hydroxylation sites is 1.